The van der Waals surface area contributed by atoms with Crippen LogP contribution in [-0.4, -0.2) is 25.7 Å². The van der Waals surface area contributed by atoms with Crippen molar-refractivity contribution in [3.63, 3.8) is 0 Å². The van der Waals surface area contributed by atoms with Gasteiger partial charge >= 0.3 is 5.97 Å². The Kier molecular flexibility index (Phi) is 6.36. The first kappa shape index (κ1) is 15.5. The lowest BCUT2D eigenvalue weighted by atomic mass is 10.0. The molecule has 0 aliphatic rings. The molecule has 0 aliphatic carbocycles. The highest BCUT2D eigenvalue weighted by Gasteiger charge is 2.22. The van der Waals surface area contributed by atoms with Crippen molar-refractivity contribution < 1.29 is 14.3 Å². The third kappa shape index (κ3) is 4.91. The second-order valence-corrected chi connectivity index (χ2v) is 4.70. The van der Waals surface area contributed by atoms with Crippen molar-refractivity contribution in [1.29, 1.82) is 0 Å². The lowest BCUT2D eigenvalue weighted by Crippen LogP contribution is -2.41. The molecule has 1 N–H and O–H groups in total. The highest BCUT2D eigenvalue weighted by molar-refractivity contribution is 5.76. The maximum Gasteiger partial charge on any atom is 0.323 e. The number of ether oxygens (including phenoxy) is 2. The second-order valence-electron chi connectivity index (χ2n) is 4.70. The van der Waals surface area contributed by atoms with E-state index in [4.69, 9.17) is 9.47 Å². The van der Waals surface area contributed by atoms with Crippen LogP contribution in [0.4, 0.5) is 0 Å². The highest BCUT2D eigenvalue weighted by Crippen LogP contribution is 2.12. The quantitative estimate of drug-likeness (QED) is 0.769. The standard InChI is InChI=1S/C15H23NO3/c1-5-19-15(17)14(11(2)3)16-10-12-6-8-13(18-4)9-7-12/h6-9,11,14,16H,5,10H2,1-4H3/t14-/m0/s1. The van der Waals surface area contributed by atoms with E-state index in [1.54, 1.807) is 7.11 Å². The minimum Gasteiger partial charge on any atom is -0.497 e. The Morgan fingerprint density at radius 3 is 2.37 bits per heavy atom. The molecule has 0 saturated heterocycles. The molecule has 0 aromatic heterocycles. The molecule has 0 heterocycles. The van der Waals surface area contributed by atoms with E-state index in [1.165, 1.54) is 0 Å². The SMILES string of the molecule is CCOC(=O)[C@@H](NCc1ccc(OC)cc1)C(C)C. The normalized spacial score (nSPS) is 12.3. The van der Waals surface area contributed by atoms with Gasteiger partial charge in [-0.15, -0.1) is 0 Å². The van der Waals surface area contributed by atoms with Crippen LogP contribution in [0.2, 0.25) is 0 Å². The molecule has 1 rings (SSSR count). The van der Waals surface area contributed by atoms with Gasteiger partial charge in [0.25, 0.3) is 0 Å². The van der Waals surface area contributed by atoms with Gasteiger partial charge in [-0.05, 0) is 30.5 Å². The van der Waals surface area contributed by atoms with Crippen LogP contribution in [0.1, 0.15) is 26.3 Å². The Balaban J connectivity index is 2.57. The Bertz CT molecular complexity index is 387. The largest absolute Gasteiger partial charge is 0.497 e. The summed E-state index contributed by atoms with van der Waals surface area (Å²) >= 11 is 0. The summed E-state index contributed by atoms with van der Waals surface area (Å²) in [4.78, 5) is 11.8. The molecule has 1 aromatic rings. The number of esters is 1. The average molecular weight is 265 g/mol. The third-order valence-corrected chi connectivity index (χ3v) is 2.89. The molecule has 4 heteroatoms. The van der Waals surface area contributed by atoms with Crippen LogP contribution >= 0.6 is 0 Å². The molecule has 1 aromatic carbocycles. The van der Waals surface area contributed by atoms with Crippen LogP contribution in [0, 0.1) is 5.92 Å². The average Bonchev–Trinajstić information content (AvgIpc) is 2.39. The fraction of sp³-hybridized carbons (Fsp3) is 0.533. The summed E-state index contributed by atoms with van der Waals surface area (Å²) in [6.45, 7) is 6.86. The predicted molar refractivity (Wildman–Crippen MR) is 75.1 cm³/mol. The molecule has 0 spiro atoms. The number of methoxy groups -OCH3 is 1. The van der Waals surface area contributed by atoms with E-state index in [-0.39, 0.29) is 17.9 Å². The van der Waals surface area contributed by atoms with Crippen LogP contribution in [-0.2, 0) is 16.1 Å². The van der Waals surface area contributed by atoms with Crippen molar-refractivity contribution in [2.75, 3.05) is 13.7 Å². The van der Waals surface area contributed by atoms with Gasteiger partial charge in [0.15, 0.2) is 0 Å². The molecule has 0 amide bonds. The van der Waals surface area contributed by atoms with Gasteiger partial charge in [-0.25, -0.2) is 0 Å². The van der Waals surface area contributed by atoms with E-state index < -0.39 is 0 Å². The molecule has 0 bridgehead atoms. The van der Waals surface area contributed by atoms with Gasteiger partial charge in [-0.1, -0.05) is 26.0 Å². The summed E-state index contributed by atoms with van der Waals surface area (Å²) in [5, 5.41) is 3.24. The summed E-state index contributed by atoms with van der Waals surface area (Å²) in [7, 11) is 1.64. The summed E-state index contributed by atoms with van der Waals surface area (Å²) in [5.74, 6) is 0.831. The zero-order valence-electron chi connectivity index (χ0n) is 12.1. The van der Waals surface area contributed by atoms with Gasteiger partial charge in [-0.3, -0.25) is 4.79 Å². The Morgan fingerprint density at radius 1 is 1.26 bits per heavy atom. The lowest BCUT2D eigenvalue weighted by molar-refractivity contribution is -0.146. The number of benzene rings is 1. The van der Waals surface area contributed by atoms with Gasteiger partial charge < -0.3 is 14.8 Å². The van der Waals surface area contributed by atoms with Crippen molar-refractivity contribution in [2.24, 2.45) is 5.92 Å². The van der Waals surface area contributed by atoms with Gasteiger partial charge in [-0.2, -0.15) is 0 Å². The molecule has 0 radical (unpaired) electrons. The fourth-order valence-corrected chi connectivity index (χ4v) is 1.79. The van der Waals surface area contributed by atoms with Gasteiger partial charge in [0.1, 0.15) is 11.8 Å². The number of nitrogens with one attached hydrogen (secondary N) is 1. The number of hydrogen-bond donors (Lipinski definition) is 1. The Hall–Kier alpha value is -1.55. The molecule has 0 saturated carbocycles. The van der Waals surface area contributed by atoms with Crippen molar-refractivity contribution in [3.05, 3.63) is 29.8 Å². The minimum atomic E-state index is -0.276. The smallest absolute Gasteiger partial charge is 0.323 e. The van der Waals surface area contributed by atoms with Gasteiger partial charge in [0.2, 0.25) is 0 Å². The molecule has 0 fully saturated rings. The van der Waals surface area contributed by atoms with E-state index in [1.807, 2.05) is 45.0 Å². The molecular formula is C15H23NO3. The molecule has 0 unspecified atom stereocenters. The first-order valence-electron chi connectivity index (χ1n) is 6.61. The fourth-order valence-electron chi connectivity index (χ4n) is 1.79. The molecule has 106 valence electrons. The van der Waals surface area contributed by atoms with Crippen molar-refractivity contribution >= 4 is 5.97 Å². The monoisotopic (exact) mass is 265 g/mol. The van der Waals surface area contributed by atoms with E-state index in [9.17, 15) is 4.79 Å². The summed E-state index contributed by atoms with van der Waals surface area (Å²) < 4.78 is 10.2. The molecule has 19 heavy (non-hydrogen) atoms. The van der Waals surface area contributed by atoms with Crippen molar-refractivity contribution in [1.82, 2.24) is 5.32 Å². The first-order valence-corrected chi connectivity index (χ1v) is 6.61. The van der Waals surface area contributed by atoms with Crippen LogP contribution in [0.15, 0.2) is 24.3 Å². The van der Waals surface area contributed by atoms with E-state index in [0.29, 0.717) is 13.2 Å². The summed E-state index contributed by atoms with van der Waals surface area (Å²) in [5.41, 5.74) is 1.11. The predicted octanol–water partition coefficient (Wildman–Crippen LogP) is 2.37. The summed E-state index contributed by atoms with van der Waals surface area (Å²) in [6.07, 6.45) is 0. The first-order chi connectivity index (χ1) is 9.08. The third-order valence-electron chi connectivity index (χ3n) is 2.89. The van der Waals surface area contributed by atoms with E-state index in [0.717, 1.165) is 11.3 Å². The Morgan fingerprint density at radius 2 is 1.89 bits per heavy atom. The van der Waals surface area contributed by atoms with Crippen LogP contribution < -0.4 is 10.1 Å². The maximum atomic E-state index is 11.8. The van der Waals surface area contributed by atoms with Crippen LogP contribution in [0.25, 0.3) is 0 Å². The van der Waals surface area contributed by atoms with E-state index >= 15 is 0 Å². The van der Waals surface area contributed by atoms with E-state index in [2.05, 4.69) is 5.32 Å². The second kappa shape index (κ2) is 7.79. The number of rotatable bonds is 7. The molecule has 4 nitrogen and oxygen atoms in total. The number of carbonyl (C=O) groups is 1. The highest BCUT2D eigenvalue weighted by atomic mass is 16.5. The van der Waals surface area contributed by atoms with Crippen LogP contribution in [0.3, 0.4) is 0 Å². The maximum absolute atomic E-state index is 11.8. The van der Waals surface area contributed by atoms with Crippen molar-refractivity contribution in [2.45, 2.75) is 33.4 Å². The molecule has 0 aliphatic heterocycles. The van der Waals surface area contributed by atoms with Gasteiger partial charge in [0, 0.05) is 6.54 Å². The number of carbonyl (C=O) groups excluding carboxylic acids is 1. The topological polar surface area (TPSA) is 47.6 Å². The Labute approximate surface area is 115 Å². The molecule has 1 atom stereocenters. The van der Waals surface area contributed by atoms with Crippen molar-refractivity contribution in [3.8, 4) is 5.75 Å². The number of hydrogen-bond acceptors (Lipinski definition) is 4. The molecular weight excluding hydrogens is 242 g/mol. The lowest BCUT2D eigenvalue weighted by Gasteiger charge is -2.20. The van der Waals surface area contributed by atoms with Gasteiger partial charge in [0.05, 0.1) is 13.7 Å². The van der Waals surface area contributed by atoms with Crippen LogP contribution in [0.5, 0.6) is 5.75 Å². The zero-order chi connectivity index (χ0) is 14.3. The zero-order valence-corrected chi connectivity index (χ0v) is 12.1. The minimum absolute atomic E-state index is 0.189. The summed E-state index contributed by atoms with van der Waals surface area (Å²) in [6, 6.07) is 7.50.